The largest absolute Gasteiger partial charge is 0.490 e. The van der Waals surface area contributed by atoms with E-state index >= 15 is 0 Å². The van der Waals surface area contributed by atoms with Gasteiger partial charge in [0.2, 0.25) is 0 Å². The molecule has 1 N–H and O–H groups in total. The van der Waals surface area contributed by atoms with E-state index < -0.39 is 12.1 Å². The first-order chi connectivity index (χ1) is 13.1. The zero-order valence-electron chi connectivity index (χ0n) is 17.5. The summed E-state index contributed by atoms with van der Waals surface area (Å²) in [5, 5.41) is 15.5. The molecule has 2 rings (SSSR count). The summed E-state index contributed by atoms with van der Waals surface area (Å²) in [7, 11) is 3.97. The fourth-order valence-electron chi connectivity index (χ4n) is 2.44. The van der Waals surface area contributed by atoms with Crippen molar-refractivity contribution in [1.29, 1.82) is 0 Å². The predicted octanol–water partition coefficient (Wildman–Crippen LogP) is 4.64. The molecule has 0 bridgehead atoms. The second-order valence-electron chi connectivity index (χ2n) is 7.61. The van der Waals surface area contributed by atoms with Gasteiger partial charge in [0.25, 0.3) is 0 Å². The summed E-state index contributed by atoms with van der Waals surface area (Å²) in [4.78, 5) is 10.9. The summed E-state index contributed by atoms with van der Waals surface area (Å²) in [6.07, 6.45) is -3.28. The number of halogens is 3. The zero-order valence-corrected chi connectivity index (χ0v) is 17.5. The molecule has 0 saturated carbocycles. The van der Waals surface area contributed by atoms with E-state index in [4.69, 9.17) is 14.6 Å². The van der Waals surface area contributed by atoms with Crippen molar-refractivity contribution in [3.8, 4) is 16.9 Å². The van der Waals surface area contributed by atoms with Gasteiger partial charge in [0.1, 0.15) is 11.4 Å². The molecule has 1 aromatic carbocycles. The van der Waals surface area contributed by atoms with E-state index in [-0.39, 0.29) is 5.60 Å². The quantitative estimate of drug-likeness (QED) is 0.790. The van der Waals surface area contributed by atoms with Crippen LogP contribution in [0.25, 0.3) is 11.1 Å². The van der Waals surface area contributed by atoms with E-state index in [1.54, 1.807) is 6.20 Å². The van der Waals surface area contributed by atoms with E-state index in [0.717, 1.165) is 28.3 Å². The Bertz CT molecular complexity index is 860. The van der Waals surface area contributed by atoms with Crippen molar-refractivity contribution in [1.82, 2.24) is 10.2 Å². The number of anilines is 1. The number of benzene rings is 1. The van der Waals surface area contributed by atoms with Gasteiger partial charge in [-0.3, -0.25) is 0 Å². The molecule has 0 spiro atoms. The fourth-order valence-corrected chi connectivity index (χ4v) is 2.44. The van der Waals surface area contributed by atoms with E-state index in [2.05, 4.69) is 56.9 Å². The van der Waals surface area contributed by atoms with Crippen LogP contribution in [-0.2, 0) is 4.79 Å². The minimum Gasteiger partial charge on any atom is -0.488 e. The van der Waals surface area contributed by atoms with Crippen LogP contribution in [0.4, 0.5) is 19.0 Å². The molecule has 0 unspecified atom stereocenters. The lowest BCUT2D eigenvalue weighted by Crippen LogP contribution is -2.22. The van der Waals surface area contributed by atoms with Crippen LogP contribution < -0.4 is 9.64 Å². The van der Waals surface area contributed by atoms with E-state index in [0.29, 0.717) is 0 Å². The lowest BCUT2D eigenvalue weighted by Gasteiger charge is -2.23. The SMILES string of the molecule is Cc1cc(OC(C)(C)C)ccc1-c1c(C)cnnc1N(C)C.O=C(O)C(F)(F)F. The number of aryl methyl sites for hydroxylation is 2. The van der Waals surface area contributed by atoms with Crippen molar-refractivity contribution in [3.63, 3.8) is 0 Å². The molecule has 1 aromatic heterocycles. The average molecular weight is 413 g/mol. The van der Waals surface area contributed by atoms with Gasteiger partial charge in [0, 0.05) is 19.7 Å². The number of hydrogen-bond acceptors (Lipinski definition) is 5. The number of aliphatic carboxylic acids is 1. The van der Waals surface area contributed by atoms with Gasteiger partial charge < -0.3 is 14.7 Å². The highest BCUT2D eigenvalue weighted by atomic mass is 19.4. The molecular weight excluding hydrogens is 387 g/mol. The monoisotopic (exact) mass is 413 g/mol. The Morgan fingerprint density at radius 2 is 1.66 bits per heavy atom. The summed E-state index contributed by atoms with van der Waals surface area (Å²) < 4.78 is 37.7. The number of hydrogen-bond donors (Lipinski definition) is 1. The van der Waals surface area contributed by atoms with Crippen molar-refractivity contribution in [2.45, 2.75) is 46.4 Å². The molecule has 0 aliphatic carbocycles. The Labute approximate surface area is 168 Å². The lowest BCUT2D eigenvalue weighted by atomic mass is 9.97. The third-order valence-corrected chi connectivity index (χ3v) is 3.58. The Morgan fingerprint density at radius 3 is 2.07 bits per heavy atom. The molecule has 0 atom stereocenters. The van der Waals surface area contributed by atoms with Gasteiger partial charge in [0.15, 0.2) is 5.82 Å². The molecular formula is C20H26F3N3O3. The highest BCUT2D eigenvalue weighted by Gasteiger charge is 2.38. The molecule has 0 fully saturated rings. The van der Waals surface area contributed by atoms with Crippen LogP contribution in [-0.4, -0.2) is 47.1 Å². The van der Waals surface area contributed by atoms with Gasteiger partial charge in [-0.15, -0.1) is 5.10 Å². The number of alkyl halides is 3. The van der Waals surface area contributed by atoms with Crippen LogP contribution >= 0.6 is 0 Å². The van der Waals surface area contributed by atoms with E-state index in [1.807, 2.05) is 25.1 Å². The second-order valence-corrected chi connectivity index (χ2v) is 7.61. The molecule has 0 amide bonds. The van der Waals surface area contributed by atoms with Crippen molar-refractivity contribution in [2.24, 2.45) is 0 Å². The third kappa shape index (κ3) is 7.24. The molecule has 1 heterocycles. The maximum Gasteiger partial charge on any atom is 0.490 e. The minimum absolute atomic E-state index is 0.198. The summed E-state index contributed by atoms with van der Waals surface area (Å²) >= 11 is 0. The Hall–Kier alpha value is -2.84. The van der Waals surface area contributed by atoms with Gasteiger partial charge in [-0.1, -0.05) is 6.07 Å². The third-order valence-electron chi connectivity index (χ3n) is 3.58. The molecule has 2 aromatic rings. The zero-order chi connectivity index (χ0) is 22.6. The van der Waals surface area contributed by atoms with Crippen LogP contribution in [0.5, 0.6) is 5.75 Å². The smallest absolute Gasteiger partial charge is 0.488 e. The normalized spacial score (nSPS) is 11.4. The Balaban J connectivity index is 0.000000516. The number of carboxylic acids is 1. The lowest BCUT2D eigenvalue weighted by molar-refractivity contribution is -0.192. The predicted molar refractivity (Wildman–Crippen MR) is 105 cm³/mol. The van der Waals surface area contributed by atoms with E-state index in [9.17, 15) is 13.2 Å². The van der Waals surface area contributed by atoms with Crippen LogP contribution in [0.2, 0.25) is 0 Å². The Morgan fingerprint density at radius 1 is 1.10 bits per heavy atom. The molecule has 29 heavy (non-hydrogen) atoms. The number of carboxylic acid groups (broad SMARTS) is 1. The topological polar surface area (TPSA) is 75.6 Å². The van der Waals surface area contributed by atoms with Gasteiger partial charge in [-0.05, 0) is 63.4 Å². The van der Waals surface area contributed by atoms with Crippen molar-refractivity contribution in [2.75, 3.05) is 19.0 Å². The first-order valence-electron chi connectivity index (χ1n) is 8.73. The highest BCUT2D eigenvalue weighted by molar-refractivity contribution is 5.80. The van der Waals surface area contributed by atoms with Gasteiger partial charge >= 0.3 is 12.1 Å². The summed E-state index contributed by atoms with van der Waals surface area (Å²) in [5.41, 5.74) is 4.38. The van der Waals surface area contributed by atoms with Crippen molar-refractivity contribution in [3.05, 3.63) is 35.5 Å². The first-order valence-corrected chi connectivity index (χ1v) is 8.73. The number of rotatable bonds is 3. The van der Waals surface area contributed by atoms with Gasteiger partial charge in [-0.25, -0.2) is 4.79 Å². The summed E-state index contributed by atoms with van der Waals surface area (Å²) in [6, 6.07) is 6.21. The molecule has 0 aliphatic rings. The molecule has 9 heteroatoms. The number of carbonyl (C=O) groups is 1. The molecule has 0 aliphatic heterocycles. The maximum absolute atomic E-state index is 10.6. The van der Waals surface area contributed by atoms with Crippen molar-refractivity contribution < 1.29 is 27.8 Å². The highest BCUT2D eigenvalue weighted by Crippen LogP contribution is 2.35. The minimum atomic E-state index is -5.08. The molecule has 6 nitrogen and oxygen atoms in total. The van der Waals surface area contributed by atoms with Crippen LogP contribution in [0.15, 0.2) is 24.4 Å². The molecule has 160 valence electrons. The average Bonchev–Trinajstić information content (AvgIpc) is 2.53. The van der Waals surface area contributed by atoms with Crippen LogP contribution in [0, 0.1) is 13.8 Å². The number of nitrogens with zero attached hydrogens (tertiary/aromatic N) is 3. The first kappa shape index (κ1) is 24.2. The second kappa shape index (κ2) is 9.11. The van der Waals surface area contributed by atoms with Gasteiger partial charge in [-0.2, -0.15) is 18.3 Å². The van der Waals surface area contributed by atoms with Crippen LogP contribution in [0.1, 0.15) is 31.9 Å². The fraction of sp³-hybridized carbons (Fsp3) is 0.450. The molecule has 0 saturated heterocycles. The summed E-state index contributed by atoms with van der Waals surface area (Å²) in [6.45, 7) is 10.3. The Kier molecular flexibility index (Phi) is 7.60. The van der Waals surface area contributed by atoms with E-state index in [1.165, 1.54) is 5.56 Å². The maximum atomic E-state index is 10.6. The molecule has 0 radical (unpaired) electrons. The van der Waals surface area contributed by atoms with Gasteiger partial charge in [0.05, 0.1) is 6.20 Å². The van der Waals surface area contributed by atoms with Crippen LogP contribution in [0.3, 0.4) is 0 Å². The van der Waals surface area contributed by atoms with Crippen molar-refractivity contribution >= 4 is 11.8 Å². The standard InChI is InChI=1S/C18H25N3O.C2HF3O2/c1-12-10-14(22-18(3,4)5)8-9-15(12)16-13(2)11-19-20-17(16)21(6)7;3-2(4,5)1(6)7/h8-11H,1-7H3;(H,6,7). The number of ether oxygens (including phenoxy) is 1. The number of aromatic nitrogens is 2. The summed E-state index contributed by atoms with van der Waals surface area (Å²) in [5.74, 6) is -0.986.